The minimum absolute atomic E-state index is 0.0411. The molecule has 4 heteroatoms. The van der Waals surface area contributed by atoms with Crippen LogP contribution in [0.15, 0.2) is 35.5 Å². The lowest BCUT2D eigenvalue weighted by Gasteiger charge is -2.06. The largest absolute Gasteiger partial charge is 0.505 e. The number of nitrogens with zero attached hydrogens (tertiary/aromatic N) is 1. The molecule has 0 fully saturated rings. The van der Waals surface area contributed by atoms with Gasteiger partial charge in [0.2, 0.25) is 0 Å². The van der Waals surface area contributed by atoms with Crippen LogP contribution >= 0.6 is 15.9 Å². The molecule has 15 heavy (non-hydrogen) atoms. The molecule has 76 valence electrons. The van der Waals surface area contributed by atoms with E-state index in [1.54, 1.807) is 6.07 Å². The highest BCUT2D eigenvalue weighted by Crippen LogP contribution is 2.38. The average Bonchev–Trinajstić information content (AvgIpc) is 2.28. The van der Waals surface area contributed by atoms with Crippen molar-refractivity contribution >= 4 is 32.4 Å². The van der Waals surface area contributed by atoms with Crippen molar-refractivity contribution in [1.29, 1.82) is 0 Å². The van der Waals surface area contributed by atoms with Crippen LogP contribution in [0.5, 0.6) is 5.75 Å². The first-order valence-electron chi connectivity index (χ1n) is 4.41. The SMILES string of the molecule is O=Nc1c(O)c(CBr)cc2ccccc12. The van der Waals surface area contributed by atoms with Gasteiger partial charge < -0.3 is 5.11 Å². The van der Waals surface area contributed by atoms with E-state index >= 15 is 0 Å². The van der Waals surface area contributed by atoms with E-state index in [1.165, 1.54) is 0 Å². The summed E-state index contributed by atoms with van der Waals surface area (Å²) < 4.78 is 0. The van der Waals surface area contributed by atoms with Gasteiger partial charge in [0.15, 0.2) is 5.69 Å². The third kappa shape index (κ3) is 1.61. The Labute approximate surface area is 94.8 Å². The second-order valence-electron chi connectivity index (χ2n) is 3.18. The number of phenolic OH excluding ortho intramolecular Hbond substituents is 1. The molecule has 1 N–H and O–H groups in total. The van der Waals surface area contributed by atoms with Crippen LogP contribution in [0, 0.1) is 4.91 Å². The molecule has 2 rings (SSSR count). The molecule has 2 aromatic rings. The summed E-state index contributed by atoms with van der Waals surface area (Å²) in [6, 6.07) is 9.18. The second-order valence-corrected chi connectivity index (χ2v) is 3.74. The Morgan fingerprint density at radius 1 is 1.33 bits per heavy atom. The molecule has 0 atom stereocenters. The van der Waals surface area contributed by atoms with Crippen molar-refractivity contribution in [2.45, 2.75) is 5.33 Å². The molecule has 0 heterocycles. The third-order valence-electron chi connectivity index (χ3n) is 2.31. The Kier molecular flexibility index (Phi) is 2.68. The van der Waals surface area contributed by atoms with E-state index in [2.05, 4.69) is 21.1 Å². The van der Waals surface area contributed by atoms with Gasteiger partial charge in [-0.05, 0) is 16.6 Å². The number of alkyl halides is 1. The summed E-state index contributed by atoms with van der Waals surface area (Å²) in [5.74, 6) is -0.0411. The molecule has 0 saturated carbocycles. The number of fused-ring (bicyclic) bond motifs is 1. The Morgan fingerprint density at radius 3 is 2.73 bits per heavy atom. The van der Waals surface area contributed by atoms with E-state index in [0.29, 0.717) is 16.3 Å². The zero-order chi connectivity index (χ0) is 10.8. The Bertz CT molecular complexity index is 525. The monoisotopic (exact) mass is 265 g/mol. The van der Waals surface area contributed by atoms with Crippen LogP contribution in [-0.2, 0) is 5.33 Å². The maximum absolute atomic E-state index is 10.7. The Balaban J connectivity index is 2.89. The molecule has 0 spiro atoms. The first kappa shape index (κ1) is 10.1. The van der Waals surface area contributed by atoms with E-state index in [9.17, 15) is 10.0 Å². The Hall–Kier alpha value is -1.42. The zero-order valence-corrected chi connectivity index (χ0v) is 9.36. The minimum Gasteiger partial charge on any atom is -0.505 e. The molecular weight excluding hydrogens is 258 g/mol. The molecule has 0 amide bonds. The van der Waals surface area contributed by atoms with Crippen LogP contribution in [0.4, 0.5) is 5.69 Å². The molecule has 2 aromatic carbocycles. The highest BCUT2D eigenvalue weighted by atomic mass is 79.9. The van der Waals surface area contributed by atoms with Gasteiger partial charge in [0.25, 0.3) is 0 Å². The average molecular weight is 266 g/mol. The summed E-state index contributed by atoms with van der Waals surface area (Å²) in [6.07, 6.45) is 0. The fourth-order valence-electron chi connectivity index (χ4n) is 1.57. The van der Waals surface area contributed by atoms with E-state index in [-0.39, 0.29) is 11.4 Å². The molecule has 0 aliphatic carbocycles. The van der Waals surface area contributed by atoms with E-state index < -0.39 is 0 Å². The fourth-order valence-corrected chi connectivity index (χ4v) is 2.00. The molecule has 3 nitrogen and oxygen atoms in total. The van der Waals surface area contributed by atoms with Gasteiger partial charge in [-0.1, -0.05) is 40.2 Å². The summed E-state index contributed by atoms with van der Waals surface area (Å²) in [7, 11) is 0. The van der Waals surface area contributed by atoms with Gasteiger partial charge in [0.1, 0.15) is 5.75 Å². The number of benzene rings is 2. The molecule has 0 bridgehead atoms. The number of hydrogen-bond donors (Lipinski definition) is 1. The zero-order valence-electron chi connectivity index (χ0n) is 7.77. The highest BCUT2D eigenvalue weighted by molar-refractivity contribution is 9.08. The summed E-state index contributed by atoms with van der Waals surface area (Å²) in [5, 5.41) is 14.7. The van der Waals surface area contributed by atoms with Crippen LogP contribution in [0.25, 0.3) is 10.8 Å². The standard InChI is InChI=1S/C11H8BrNO2/c12-6-8-5-7-3-1-2-4-9(7)10(13-15)11(8)14/h1-5,14H,6H2. The topological polar surface area (TPSA) is 49.7 Å². The first-order valence-corrected chi connectivity index (χ1v) is 5.53. The lowest BCUT2D eigenvalue weighted by molar-refractivity contribution is 0.473. The van der Waals surface area contributed by atoms with Crippen molar-refractivity contribution in [3.63, 3.8) is 0 Å². The van der Waals surface area contributed by atoms with E-state index in [1.807, 2.05) is 24.3 Å². The van der Waals surface area contributed by atoms with Crippen molar-refractivity contribution in [1.82, 2.24) is 0 Å². The number of phenols is 1. The van der Waals surface area contributed by atoms with Crippen LogP contribution in [-0.4, -0.2) is 5.11 Å². The second kappa shape index (κ2) is 3.98. The van der Waals surface area contributed by atoms with Crippen molar-refractivity contribution in [3.05, 3.63) is 40.8 Å². The number of nitroso groups, excluding NO2 is 1. The van der Waals surface area contributed by atoms with Gasteiger partial charge in [0, 0.05) is 16.3 Å². The van der Waals surface area contributed by atoms with E-state index in [0.717, 1.165) is 5.39 Å². The van der Waals surface area contributed by atoms with Crippen molar-refractivity contribution in [2.24, 2.45) is 5.18 Å². The molecule has 0 radical (unpaired) electrons. The fraction of sp³-hybridized carbons (Fsp3) is 0.0909. The number of rotatable bonds is 2. The smallest absolute Gasteiger partial charge is 0.157 e. The number of halogens is 1. The molecule has 0 unspecified atom stereocenters. The number of hydrogen-bond acceptors (Lipinski definition) is 3. The Morgan fingerprint density at radius 2 is 2.07 bits per heavy atom. The predicted octanol–water partition coefficient (Wildman–Crippen LogP) is 3.84. The van der Waals surface area contributed by atoms with Gasteiger partial charge in [-0.25, -0.2) is 0 Å². The lowest BCUT2D eigenvalue weighted by atomic mass is 10.0. The van der Waals surface area contributed by atoms with Crippen LogP contribution in [0.1, 0.15) is 5.56 Å². The van der Waals surface area contributed by atoms with Crippen LogP contribution < -0.4 is 0 Å². The van der Waals surface area contributed by atoms with Crippen molar-refractivity contribution < 1.29 is 5.11 Å². The lowest BCUT2D eigenvalue weighted by Crippen LogP contribution is -1.82. The first-order chi connectivity index (χ1) is 7.27. The van der Waals surface area contributed by atoms with E-state index in [4.69, 9.17) is 0 Å². The molecule has 0 saturated heterocycles. The van der Waals surface area contributed by atoms with Gasteiger partial charge >= 0.3 is 0 Å². The maximum atomic E-state index is 10.7. The molecule has 0 aliphatic heterocycles. The predicted molar refractivity (Wildman–Crippen MR) is 63.7 cm³/mol. The summed E-state index contributed by atoms with van der Waals surface area (Å²) in [6.45, 7) is 0. The maximum Gasteiger partial charge on any atom is 0.157 e. The van der Waals surface area contributed by atoms with Crippen molar-refractivity contribution in [2.75, 3.05) is 0 Å². The van der Waals surface area contributed by atoms with Crippen LogP contribution in [0.3, 0.4) is 0 Å². The summed E-state index contributed by atoms with van der Waals surface area (Å²) in [4.78, 5) is 10.7. The summed E-state index contributed by atoms with van der Waals surface area (Å²) >= 11 is 3.25. The normalized spacial score (nSPS) is 10.5. The van der Waals surface area contributed by atoms with Gasteiger partial charge in [-0.2, -0.15) is 0 Å². The van der Waals surface area contributed by atoms with Crippen LogP contribution in [0.2, 0.25) is 0 Å². The van der Waals surface area contributed by atoms with Gasteiger partial charge in [-0.15, -0.1) is 4.91 Å². The minimum atomic E-state index is -0.0411. The molecule has 0 aliphatic rings. The quantitative estimate of drug-likeness (QED) is 0.663. The third-order valence-corrected chi connectivity index (χ3v) is 2.91. The molecular formula is C11H8BrNO2. The summed E-state index contributed by atoms with van der Waals surface area (Å²) in [5.41, 5.74) is 0.783. The van der Waals surface area contributed by atoms with Crippen molar-refractivity contribution in [3.8, 4) is 5.75 Å². The molecule has 0 aromatic heterocycles. The van der Waals surface area contributed by atoms with Gasteiger partial charge in [-0.3, -0.25) is 0 Å². The van der Waals surface area contributed by atoms with Gasteiger partial charge in [0.05, 0.1) is 0 Å². The highest BCUT2D eigenvalue weighted by Gasteiger charge is 2.11. The number of aromatic hydroxyl groups is 1.